The summed E-state index contributed by atoms with van der Waals surface area (Å²) in [5, 5.41) is 17.3. The van der Waals surface area contributed by atoms with Crippen molar-refractivity contribution < 1.29 is 5.11 Å². The smallest absolute Gasteiger partial charge is 0.174 e. The Labute approximate surface area is 134 Å². The lowest BCUT2D eigenvalue weighted by Crippen LogP contribution is -2.10. The first-order valence-electron chi connectivity index (χ1n) is 7.44. The highest BCUT2D eigenvalue weighted by Gasteiger charge is 2.10. The summed E-state index contributed by atoms with van der Waals surface area (Å²) in [5.41, 5.74) is 2.93. The first-order chi connectivity index (χ1) is 11.0. The summed E-state index contributed by atoms with van der Waals surface area (Å²) < 4.78 is 1.77. The predicted octanol–water partition coefficient (Wildman–Crippen LogP) is 3.16. The molecule has 0 aliphatic carbocycles. The van der Waals surface area contributed by atoms with E-state index in [4.69, 9.17) is 0 Å². The summed E-state index contributed by atoms with van der Waals surface area (Å²) in [6, 6.07) is 9.15. The van der Waals surface area contributed by atoms with Crippen LogP contribution in [-0.4, -0.2) is 24.9 Å². The molecule has 0 aliphatic rings. The number of aromatic nitrogens is 4. The zero-order valence-corrected chi connectivity index (χ0v) is 13.4. The van der Waals surface area contributed by atoms with Crippen LogP contribution >= 0.6 is 0 Å². The average Bonchev–Trinajstić information content (AvgIpc) is 2.86. The Morgan fingerprint density at radius 3 is 2.70 bits per heavy atom. The van der Waals surface area contributed by atoms with Gasteiger partial charge in [0.15, 0.2) is 5.82 Å². The monoisotopic (exact) mass is 309 g/mol. The zero-order chi connectivity index (χ0) is 16.4. The first kappa shape index (κ1) is 15.0. The van der Waals surface area contributed by atoms with E-state index < -0.39 is 0 Å². The van der Waals surface area contributed by atoms with Crippen molar-refractivity contribution in [1.29, 1.82) is 0 Å². The highest BCUT2D eigenvalue weighted by molar-refractivity contribution is 5.40. The second kappa shape index (κ2) is 6.08. The molecule has 1 aromatic carbocycles. The minimum atomic E-state index is -0.00731. The molecule has 0 saturated carbocycles. The van der Waals surface area contributed by atoms with E-state index in [9.17, 15) is 5.11 Å². The molecule has 6 heteroatoms. The number of phenolic OH excluding ortho intramolecular Hbond substituents is 1. The zero-order valence-electron chi connectivity index (χ0n) is 13.4. The number of aromatic hydroxyl groups is 1. The van der Waals surface area contributed by atoms with Crippen LogP contribution in [0, 0.1) is 13.8 Å². The van der Waals surface area contributed by atoms with Crippen molar-refractivity contribution in [3.05, 3.63) is 59.7 Å². The fraction of sp³-hybridized carbons (Fsp3) is 0.235. The van der Waals surface area contributed by atoms with Crippen LogP contribution in [0.3, 0.4) is 0 Å². The van der Waals surface area contributed by atoms with E-state index >= 15 is 0 Å². The molecule has 1 atom stereocenters. The van der Waals surface area contributed by atoms with Gasteiger partial charge in [0, 0.05) is 5.69 Å². The average molecular weight is 309 g/mol. The minimum absolute atomic E-state index is 0.00731. The summed E-state index contributed by atoms with van der Waals surface area (Å²) in [4.78, 5) is 8.81. The number of aryl methyl sites for hydroxylation is 2. The molecule has 0 radical (unpaired) electrons. The number of hydrogen-bond donors (Lipinski definition) is 2. The van der Waals surface area contributed by atoms with Gasteiger partial charge in [-0.05, 0) is 44.5 Å². The second-order valence-electron chi connectivity index (χ2n) is 5.56. The van der Waals surface area contributed by atoms with E-state index in [0.717, 1.165) is 17.0 Å². The molecule has 3 aromatic rings. The standard InChI is InChI=1S/C17H19N5O/c1-11-7-12(2)22(21-11)17-10-18-9-16(20-17)19-13(3)14-5-4-6-15(23)8-14/h4-10,13,23H,1-3H3,(H,19,20). The van der Waals surface area contributed by atoms with Crippen LogP contribution < -0.4 is 5.32 Å². The lowest BCUT2D eigenvalue weighted by atomic mass is 10.1. The van der Waals surface area contributed by atoms with Gasteiger partial charge < -0.3 is 10.4 Å². The van der Waals surface area contributed by atoms with Gasteiger partial charge in [0.25, 0.3) is 0 Å². The van der Waals surface area contributed by atoms with Crippen LogP contribution in [0.15, 0.2) is 42.7 Å². The quantitative estimate of drug-likeness (QED) is 0.774. The molecule has 23 heavy (non-hydrogen) atoms. The lowest BCUT2D eigenvalue weighted by molar-refractivity contribution is 0.474. The number of benzene rings is 1. The number of nitrogens with one attached hydrogen (secondary N) is 1. The van der Waals surface area contributed by atoms with Crippen molar-refractivity contribution in [2.24, 2.45) is 0 Å². The molecule has 0 spiro atoms. The largest absolute Gasteiger partial charge is 0.508 e. The first-order valence-corrected chi connectivity index (χ1v) is 7.44. The molecule has 6 nitrogen and oxygen atoms in total. The van der Waals surface area contributed by atoms with E-state index in [1.54, 1.807) is 29.2 Å². The number of hydrogen-bond acceptors (Lipinski definition) is 5. The number of rotatable bonds is 4. The maximum Gasteiger partial charge on any atom is 0.174 e. The van der Waals surface area contributed by atoms with Gasteiger partial charge in [-0.2, -0.15) is 5.10 Å². The van der Waals surface area contributed by atoms with Gasteiger partial charge in [0.1, 0.15) is 11.6 Å². The van der Waals surface area contributed by atoms with Crippen LogP contribution in [-0.2, 0) is 0 Å². The van der Waals surface area contributed by atoms with Crippen molar-refractivity contribution in [3.8, 4) is 11.6 Å². The molecule has 3 rings (SSSR count). The Hall–Kier alpha value is -2.89. The van der Waals surface area contributed by atoms with E-state index in [2.05, 4.69) is 20.4 Å². The normalized spacial score (nSPS) is 12.1. The highest BCUT2D eigenvalue weighted by atomic mass is 16.3. The fourth-order valence-electron chi connectivity index (χ4n) is 2.49. The van der Waals surface area contributed by atoms with Crippen molar-refractivity contribution in [3.63, 3.8) is 0 Å². The van der Waals surface area contributed by atoms with Gasteiger partial charge >= 0.3 is 0 Å². The molecule has 2 heterocycles. The minimum Gasteiger partial charge on any atom is -0.508 e. The molecule has 0 saturated heterocycles. The number of nitrogens with zero attached hydrogens (tertiary/aromatic N) is 4. The molecule has 2 aromatic heterocycles. The molecule has 0 bridgehead atoms. The van der Waals surface area contributed by atoms with Gasteiger partial charge in [-0.3, -0.25) is 4.98 Å². The SMILES string of the molecule is Cc1cc(C)n(-c2cncc(NC(C)c3cccc(O)c3)n2)n1. The van der Waals surface area contributed by atoms with Crippen LogP contribution in [0.5, 0.6) is 5.75 Å². The number of phenols is 1. The van der Waals surface area contributed by atoms with Crippen LogP contribution in [0.4, 0.5) is 5.82 Å². The van der Waals surface area contributed by atoms with Gasteiger partial charge in [-0.1, -0.05) is 12.1 Å². The molecular weight excluding hydrogens is 290 g/mol. The predicted molar refractivity (Wildman–Crippen MR) is 88.8 cm³/mol. The second-order valence-corrected chi connectivity index (χ2v) is 5.56. The molecular formula is C17H19N5O. The van der Waals surface area contributed by atoms with Gasteiger partial charge in [-0.15, -0.1) is 0 Å². The third-order valence-electron chi connectivity index (χ3n) is 3.58. The van der Waals surface area contributed by atoms with E-state index in [1.165, 1.54) is 0 Å². The van der Waals surface area contributed by atoms with Crippen molar-refractivity contribution >= 4 is 5.82 Å². The maximum absolute atomic E-state index is 9.59. The molecule has 1 unspecified atom stereocenters. The molecule has 118 valence electrons. The van der Waals surface area contributed by atoms with Crippen molar-refractivity contribution in [2.75, 3.05) is 5.32 Å². The maximum atomic E-state index is 9.59. The Morgan fingerprint density at radius 1 is 1.17 bits per heavy atom. The topological polar surface area (TPSA) is 75.9 Å². The lowest BCUT2D eigenvalue weighted by Gasteiger charge is -2.15. The van der Waals surface area contributed by atoms with Gasteiger partial charge in [0.05, 0.1) is 24.1 Å². The Kier molecular flexibility index (Phi) is 3.97. The Balaban J connectivity index is 1.84. The van der Waals surface area contributed by atoms with Crippen molar-refractivity contribution in [2.45, 2.75) is 26.8 Å². The summed E-state index contributed by atoms with van der Waals surface area (Å²) in [6.45, 7) is 5.94. The van der Waals surface area contributed by atoms with Gasteiger partial charge in [-0.25, -0.2) is 9.67 Å². The van der Waals surface area contributed by atoms with Crippen LogP contribution in [0.25, 0.3) is 5.82 Å². The Bertz CT molecular complexity index is 827. The van der Waals surface area contributed by atoms with E-state index in [0.29, 0.717) is 11.6 Å². The highest BCUT2D eigenvalue weighted by Crippen LogP contribution is 2.21. The molecule has 0 aliphatic heterocycles. The molecule has 0 fully saturated rings. The Morgan fingerprint density at radius 2 is 2.00 bits per heavy atom. The van der Waals surface area contributed by atoms with Crippen LogP contribution in [0.2, 0.25) is 0 Å². The summed E-state index contributed by atoms with van der Waals surface area (Å²) in [7, 11) is 0. The number of anilines is 1. The fourth-order valence-corrected chi connectivity index (χ4v) is 2.49. The van der Waals surface area contributed by atoms with E-state index in [1.807, 2.05) is 39.0 Å². The molecule has 2 N–H and O–H groups in total. The summed E-state index contributed by atoms with van der Waals surface area (Å²) >= 11 is 0. The summed E-state index contributed by atoms with van der Waals surface area (Å²) in [5.74, 6) is 1.58. The van der Waals surface area contributed by atoms with Crippen molar-refractivity contribution in [1.82, 2.24) is 19.7 Å². The third kappa shape index (κ3) is 3.31. The summed E-state index contributed by atoms with van der Waals surface area (Å²) in [6.07, 6.45) is 3.36. The molecule has 0 amide bonds. The third-order valence-corrected chi connectivity index (χ3v) is 3.58. The van der Waals surface area contributed by atoms with Crippen LogP contribution in [0.1, 0.15) is 29.9 Å². The van der Waals surface area contributed by atoms with E-state index in [-0.39, 0.29) is 11.8 Å². The van der Waals surface area contributed by atoms with Gasteiger partial charge in [0.2, 0.25) is 0 Å².